The van der Waals surface area contributed by atoms with Crippen LogP contribution in [0.4, 0.5) is 0 Å². The summed E-state index contributed by atoms with van der Waals surface area (Å²) in [6.07, 6.45) is 5.37. The van der Waals surface area contributed by atoms with Crippen LogP contribution in [0.2, 0.25) is 0 Å². The zero-order valence-electron chi connectivity index (χ0n) is 11.7. The molecule has 17 heavy (non-hydrogen) atoms. The first-order valence-electron chi connectivity index (χ1n) is 7.23. The van der Waals surface area contributed by atoms with Gasteiger partial charge in [-0.25, -0.2) is 0 Å². The summed E-state index contributed by atoms with van der Waals surface area (Å²) in [6, 6.07) is 0.413. The number of rotatable bonds is 6. The number of nitrogens with zero attached hydrogens (tertiary/aromatic N) is 1. The highest BCUT2D eigenvalue weighted by atomic mass is 16.1. The number of hydrogen-bond acceptors (Lipinski definition) is 2. The molecule has 3 heteroatoms. The molecule has 1 amide bonds. The van der Waals surface area contributed by atoms with E-state index in [2.05, 4.69) is 31.0 Å². The van der Waals surface area contributed by atoms with Crippen LogP contribution in [-0.4, -0.2) is 36.5 Å². The molecule has 1 aliphatic heterocycles. The lowest BCUT2D eigenvalue weighted by Crippen LogP contribution is -2.46. The molecule has 0 saturated carbocycles. The van der Waals surface area contributed by atoms with Crippen LogP contribution in [-0.2, 0) is 4.79 Å². The summed E-state index contributed by atoms with van der Waals surface area (Å²) in [5, 5.41) is 3.22. The van der Waals surface area contributed by atoms with Gasteiger partial charge < -0.3 is 10.2 Å². The molecule has 1 N–H and O–H groups in total. The second-order valence-corrected chi connectivity index (χ2v) is 5.14. The third-order valence-corrected chi connectivity index (χ3v) is 3.83. The zero-order valence-corrected chi connectivity index (χ0v) is 11.7. The van der Waals surface area contributed by atoms with E-state index in [-0.39, 0.29) is 11.8 Å². The highest BCUT2D eigenvalue weighted by Gasteiger charge is 2.22. The van der Waals surface area contributed by atoms with Crippen molar-refractivity contribution in [3.63, 3.8) is 0 Å². The van der Waals surface area contributed by atoms with Gasteiger partial charge in [-0.2, -0.15) is 0 Å². The van der Waals surface area contributed by atoms with Crippen molar-refractivity contribution in [3.8, 4) is 0 Å². The van der Waals surface area contributed by atoms with Gasteiger partial charge in [-0.3, -0.25) is 4.79 Å². The van der Waals surface area contributed by atoms with Crippen LogP contribution in [0.3, 0.4) is 0 Å². The summed E-state index contributed by atoms with van der Waals surface area (Å²) in [7, 11) is 0. The van der Waals surface area contributed by atoms with Gasteiger partial charge in [0.1, 0.15) is 0 Å². The van der Waals surface area contributed by atoms with Crippen molar-refractivity contribution < 1.29 is 4.79 Å². The van der Waals surface area contributed by atoms with Crippen LogP contribution in [0.15, 0.2) is 0 Å². The van der Waals surface area contributed by atoms with E-state index in [1.807, 2.05) is 0 Å². The molecule has 0 radical (unpaired) electrons. The third-order valence-electron chi connectivity index (χ3n) is 3.83. The van der Waals surface area contributed by atoms with E-state index in [1.54, 1.807) is 0 Å². The standard InChI is InChI=1S/C14H28N2O/c1-4-9-16-10-7-13(8-11-16)15-14(17)12(5-2)6-3/h12-13H,4-11H2,1-3H3,(H,15,17). The Hall–Kier alpha value is -0.570. The summed E-state index contributed by atoms with van der Waals surface area (Å²) in [5.41, 5.74) is 0. The molecule has 0 aromatic rings. The zero-order chi connectivity index (χ0) is 12.7. The molecule has 0 atom stereocenters. The molecule has 1 rings (SSSR count). The predicted octanol–water partition coefficient (Wildman–Crippen LogP) is 2.41. The number of amides is 1. The molecule has 1 saturated heterocycles. The number of hydrogen-bond donors (Lipinski definition) is 1. The molecular formula is C14H28N2O. The van der Waals surface area contributed by atoms with Gasteiger partial charge in [-0.05, 0) is 38.6 Å². The van der Waals surface area contributed by atoms with Crippen LogP contribution >= 0.6 is 0 Å². The van der Waals surface area contributed by atoms with Gasteiger partial charge in [0.15, 0.2) is 0 Å². The lowest BCUT2D eigenvalue weighted by Gasteiger charge is -2.32. The predicted molar refractivity (Wildman–Crippen MR) is 72.0 cm³/mol. The fourth-order valence-corrected chi connectivity index (χ4v) is 2.60. The Morgan fingerprint density at radius 3 is 2.29 bits per heavy atom. The summed E-state index contributed by atoms with van der Waals surface area (Å²) >= 11 is 0. The lowest BCUT2D eigenvalue weighted by atomic mass is 9.99. The first-order valence-corrected chi connectivity index (χ1v) is 7.23. The minimum absolute atomic E-state index is 0.212. The van der Waals surface area contributed by atoms with Gasteiger partial charge in [-0.1, -0.05) is 20.8 Å². The molecule has 3 nitrogen and oxygen atoms in total. The molecule has 100 valence electrons. The number of carbonyl (C=O) groups excluding carboxylic acids is 1. The Morgan fingerprint density at radius 2 is 1.82 bits per heavy atom. The Kier molecular flexibility index (Phi) is 6.56. The summed E-state index contributed by atoms with van der Waals surface area (Å²) in [4.78, 5) is 14.5. The largest absolute Gasteiger partial charge is 0.353 e. The van der Waals surface area contributed by atoms with Crippen molar-refractivity contribution in [3.05, 3.63) is 0 Å². The van der Waals surface area contributed by atoms with Crippen LogP contribution in [0, 0.1) is 5.92 Å². The SMILES string of the molecule is CCCN1CCC(NC(=O)C(CC)CC)CC1. The third kappa shape index (κ3) is 4.66. The number of piperidine rings is 1. The van der Waals surface area contributed by atoms with Crippen molar-refractivity contribution in [1.29, 1.82) is 0 Å². The minimum Gasteiger partial charge on any atom is -0.353 e. The molecule has 0 spiro atoms. The van der Waals surface area contributed by atoms with E-state index < -0.39 is 0 Å². The van der Waals surface area contributed by atoms with Crippen molar-refractivity contribution in [2.24, 2.45) is 5.92 Å². The van der Waals surface area contributed by atoms with E-state index in [0.717, 1.165) is 38.8 Å². The molecule has 1 heterocycles. The Labute approximate surface area is 106 Å². The van der Waals surface area contributed by atoms with Crippen molar-refractivity contribution in [2.75, 3.05) is 19.6 Å². The smallest absolute Gasteiger partial charge is 0.223 e. The molecule has 0 aromatic carbocycles. The van der Waals surface area contributed by atoms with Crippen LogP contribution in [0.25, 0.3) is 0 Å². The van der Waals surface area contributed by atoms with E-state index in [9.17, 15) is 4.79 Å². The molecular weight excluding hydrogens is 212 g/mol. The first kappa shape index (κ1) is 14.5. The second-order valence-electron chi connectivity index (χ2n) is 5.14. The van der Waals surface area contributed by atoms with Gasteiger partial charge in [0.2, 0.25) is 5.91 Å². The highest BCUT2D eigenvalue weighted by molar-refractivity contribution is 5.78. The monoisotopic (exact) mass is 240 g/mol. The maximum Gasteiger partial charge on any atom is 0.223 e. The molecule has 0 aromatic heterocycles. The molecule has 0 aliphatic carbocycles. The Bertz CT molecular complexity index is 218. The topological polar surface area (TPSA) is 32.3 Å². The van der Waals surface area contributed by atoms with Crippen LogP contribution in [0.5, 0.6) is 0 Å². The van der Waals surface area contributed by atoms with E-state index in [1.165, 1.54) is 13.0 Å². The van der Waals surface area contributed by atoms with E-state index in [4.69, 9.17) is 0 Å². The van der Waals surface area contributed by atoms with Crippen molar-refractivity contribution in [2.45, 2.75) is 58.9 Å². The van der Waals surface area contributed by atoms with Gasteiger partial charge in [0.25, 0.3) is 0 Å². The summed E-state index contributed by atoms with van der Waals surface area (Å²) < 4.78 is 0. The molecule has 1 aliphatic rings. The van der Waals surface area contributed by atoms with Gasteiger partial charge in [-0.15, -0.1) is 0 Å². The first-order chi connectivity index (χ1) is 8.21. The average molecular weight is 240 g/mol. The minimum atomic E-state index is 0.212. The van der Waals surface area contributed by atoms with E-state index in [0.29, 0.717) is 6.04 Å². The maximum atomic E-state index is 12.0. The number of likely N-dealkylation sites (tertiary alicyclic amines) is 1. The van der Waals surface area contributed by atoms with Gasteiger partial charge >= 0.3 is 0 Å². The number of carbonyl (C=O) groups is 1. The fraction of sp³-hybridized carbons (Fsp3) is 0.929. The van der Waals surface area contributed by atoms with Crippen LogP contribution in [0.1, 0.15) is 52.9 Å². The van der Waals surface area contributed by atoms with Crippen molar-refractivity contribution in [1.82, 2.24) is 10.2 Å². The van der Waals surface area contributed by atoms with Gasteiger partial charge in [0, 0.05) is 25.0 Å². The normalized spacial score (nSPS) is 18.6. The second kappa shape index (κ2) is 7.70. The fourth-order valence-electron chi connectivity index (χ4n) is 2.60. The van der Waals surface area contributed by atoms with Gasteiger partial charge in [0.05, 0.1) is 0 Å². The Balaban J connectivity index is 2.27. The number of nitrogens with one attached hydrogen (secondary N) is 1. The van der Waals surface area contributed by atoms with Crippen LogP contribution < -0.4 is 5.32 Å². The Morgan fingerprint density at radius 1 is 1.24 bits per heavy atom. The lowest BCUT2D eigenvalue weighted by molar-refractivity contribution is -0.126. The molecule has 1 fully saturated rings. The highest BCUT2D eigenvalue weighted by Crippen LogP contribution is 2.13. The maximum absolute atomic E-state index is 12.0. The summed E-state index contributed by atoms with van der Waals surface area (Å²) in [5.74, 6) is 0.479. The average Bonchev–Trinajstić information content (AvgIpc) is 2.33. The molecule has 0 unspecified atom stereocenters. The van der Waals surface area contributed by atoms with E-state index >= 15 is 0 Å². The summed E-state index contributed by atoms with van der Waals surface area (Å²) in [6.45, 7) is 9.90. The molecule has 0 bridgehead atoms. The quantitative estimate of drug-likeness (QED) is 0.773. The van der Waals surface area contributed by atoms with Crippen molar-refractivity contribution >= 4 is 5.91 Å².